The van der Waals surface area contributed by atoms with E-state index in [2.05, 4.69) is 56.9 Å². The van der Waals surface area contributed by atoms with E-state index in [1.165, 1.54) is 53.0 Å². The Hall–Kier alpha value is -1.06. The molecule has 2 heterocycles. The van der Waals surface area contributed by atoms with Crippen molar-refractivity contribution < 1.29 is 0 Å². The third-order valence-electron chi connectivity index (χ3n) is 7.03. The number of halogens is 2. The van der Waals surface area contributed by atoms with Crippen molar-refractivity contribution in [2.75, 3.05) is 26.2 Å². The topological polar surface area (TPSA) is 3.24 Å². The monoisotopic (exact) mass is 417 g/mol. The van der Waals surface area contributed by atoms with Crippen LogP contribution < -0.4 is 4.48 Å². The van der Waals surface area contributed by atoms with E-state index in [0.717, 1.165) is 40.6 Å². The second-order valence-electron chi connectivity index (χ2n) is 8.75. The fourth-order valence-electron chi connectivity index (χ4n) is 5.33. The van der Waals surface area contributed by atoms with Gasteiger partial charge < -0.3 is 0 Å². The average molecular weight is 418 g/mol. The maximum absolute atomic E-state index is 7.05. The molecule has 0 spiro atoms. The number of nitrogens with zero attached hydrogens (tertiary/aromatic N) is 2. The molecule has 2 saturated heterocycles. The van der Waals surface area contributed by atoms with Crippen LogP contribution in [0.2, 0.25) is 10.0 Å². The molecule has 0 aliphatic carbocycles. The highest BCUT2D eigenvalue weighted by Crippen LogP contribution is 2.45. The van der Waals surface area contributed by atoms with E-state index in [4.69, 9.17) is 23.2 Å². The van der Waals surface area contributed by atoms with Crippen LogP contribution in [0.1, 0.15) is 41.2 Å². The van der Waals surface area contributed by atoms with Gasteiger partial charge in [-0.1, -0.05) is 48.3 Å². The zero-order valence-corrected chi connectivity index (χ0v) is 19.0. The molecule has 0 N–H and O–H groups in total. The molecule has 0 amide bonds. The van der Waals surface area contributed by atoms with Crippen LogP contribution in [-0.4, -0.2) is 37.1 Å². The lowest BCUT2D eigenvalue weighted by molar-refractivity contribution is 0.130. The van der Waals surface area contributed by atoms with E-state index in [9.17, 15) is 0 Å². The first kappa shape index (κ1) is 20.2. The summed E-state index contributed by atoms with van der Waals surface area (Å²) in [6, 6.07) is 9.49. The van der Waals surface area contributed by atoms with Crippen LogP contribution in [-0.2, 0) is 13.0 Å². The molecule has 4 rings (SSSR count). The minimum Gasteiger partial charge on any atom is -0.292 e. The van der Waals surface area contributed by atoms with Gasteiger partial charge in [0.1, 0.15) is 17.6 Å². The van der Waals surface area contributed by atoms with Crippen LogP contribution >= 0.6 is 23.2 Å². The first-order valence-electron chi connectivity index (χ1n) is 10.5. The maximum atomic E-state index is 7.05. The molecule has 2 bridgehead atoms. The van der Waals surface area contributed by atoms with Crippen LogP contribution in [0, 0.1) is 20.8 Å². The molecule has 2 aromatic carbocycles. The van der Waals surface area contributed by atoms with Crippen LogP contribution in [0.3, 0.4) is 0 Å². The van der Waals surface area contributed by atoms with Gasteiger partial charge in [0.25, 0.3) is 0 Å². The SMILES string of the molecule is CCc1ccc(C)c(Cl)c1[N+]1(Cc2cc(C)cc(Cl)c2C)CCN2CCC1C2. The third kappa shape index (κ3) is 3.29. The Morgan fingerprint density at radius 2 is 1.86 bits per heavy atom. The fourth-order valence-corrected chi connectivity index (χ4v) is 5.98. The van der Waals surface area contributed by atoms with Gasteiger partial charge in [-0.3, -0.25) is 9.38 Å². The van der Waals surface area contributed by atoms with Crippen LogP contribution in [0.5, 0.6) is 0 Å². The number of benzene rings is 2. The summed E-state index contributed by atoms with van der Waals surface area (Å²) in [5.74, 6) is 0. The van der Waals surface area contributed by atoms with Crippen LogP contribution in [0.15, 0.2) is 24.3 Å². The molecule has 3 unspecified atom stereocenters. The molecule has 0 radical (unpaired) electrons. The molecule has 0 saturated carbocycles. The van der Waals surface area contributed by atoms with E-state index in [0.29, 0.717) is 6.04 Å². The second-order valence-corrected chi connectivity index (χ2v) is 9.53. The predicted octanol–water partition coefficient (Wildman–Crippen LogP) is 6.08. The molecule has 0 aromatic heterocycles. The highest BCUT2D eigenvalue weighted by Gasteiger charge is 2.49. The molecular weight excluding hydrogens is 387 g/mol. The highest BCUT2D eigenvalue weighted by molar-refractivity contribution is 6.34. The van der Waals surface area contributed by atoms with Crippen molar-refractivity contribution in [1.29, 1.82) is 0 Å². The predicted molar refractivity (Wildman–Crippen MR) is 122 cm³/mol. The molecule has 2 nitrogen and oxygen atoms in total. The van der Waals surface area contributed by atoms with Crippen molar-refractivity contribution in [1.82, 2.24) is 9.38 Å². The van der Waals surface area contributed by atoms with Crippen molar-refractivity contribution in [3.05, 3.63) is 62.1 Å². The normalized spacial score (nSPS) is 26.6. The summed E-state index contributed by atoms with van der Waals surface area (Å²) in [5, 5.41) is 1.85. The zero-order chi connectivity index (χ0) is 20.1. The van der Waals surface area contributed by atoms with E-state index >= 15 is 0 Å². The molecule has 2 fully saturated rings. The van der Waals surface area contributed by atoms with Crippen LogP contribution in [0.25, 0.3) is 0 Å². The lowest BCUT2D eigenvalue weighted by atomic mass is 9.96. The molecule has 2 aliphatic rings. The van der Waals surface area contributed by atoms with Crippen LogP contribution in [0.4, 0.5) is 5.69 Å². The van der Waals surface area contributed by atoms with Gasteiger partial charge in [-0.05, 0) is 49.9 Å². The first-order chi connectivity index (χ1) is 13.4. The Morgan fingerprint density at radius 3 is 2.61 bits per heavy atom. The molecule has 2 aromatic rings. The van der Waals surface area contributed by atoms with Crippen molar-refractivity contribution in [3.63, 3.8) is 0 Å². The number of rotatable bonds is 4. The summed E-state index contributed by atoms with van der Waals surface area (Å²) in [6.07, 6.45) is 2.26. The average Bonchev–Trinajstić information content (AvgIpc) is 3.08. The van der Waals surface area contributed by atoms with Gasteiger partial charge in [0.05, 0.1) is 13.1 Å². The minimum atomic E-state index is 0.594. The van der Waals surface area contributed by atoms with Gasteiger partial charge >= 0.3 is 0 Å². The van der Waals surface area contributed by atoms with Crippen molar-refractivity contribution >= 4 is 28.9 Å². The van der Waals surface area contributed by atoms with Crippen molar-refractivity contribution in [3.8, 4) is 0 Å². The summed E-state index contributed by atoms with van der Waals surface area (Å²) < 4.78 is 0.973. The van der Waals surface area contributed by atoms with E-state index in [1.807, 2.05) is 0 Å². The number of quaternary nitrogens is 1. The standard InChI is InChI=1S/C24H31Cl2N2/c1-5-19-7-6-17(3)23(26)24(19)28(11-10-27-9-8-21(28)14-27)15-20-12-16(2)13-22(25)18(20)4/h6-7,12-13,21H,5,8-11,14-15H2,1-4H3/q+1. The number of hydrogen-bond donors (Lipinski definition) is 0. The van der Waals surface area contributed by atoms with Gasteiger partial charge in [0, 0.05) is 35.7 Å². The van der Waals surface area contributed by atoms with E-state index < -0.39 is 0 Å². The molecular formula is C24H31Cl2N2+. The summed E-state index contributed by atoms with van der Waals surface area (Å²) in [4.78, 5) is 2.62. The Kier molecular flexibility index (Phi) is 5.52. The Labute approximate surface area is 179 Å². The zero-order valence-electron chi connectivity index (χ0n) is 17.5. The van der Waals surface area contributed by atoms with Gasteiger partial charge in [0.15, 0.2) is 5.69 Å². The van der Waals surface area contributed by atoms with E-state index in [-0.39, 0.29) is 0 Å². The summed E-state index contributed by atoms with van der Waals surface area (Å²) >= 11 is 13.6. The smallest absolute Gasteiger partial charge is 0.155 e. The van der Waals surface area contributed by atoms with Gasteiger partial charge in [-0.15, -0.1) is 0 Å². The third-order valence-corrected chi connectivity index (χ3v) is 7.90. The second kappa shape index (κ2) is 7.65. The summed E-state index contributed by atoms with van der Waals surface area (Å²) in [6.45, 7) is 14.3. The lowest BCUT2D eigenvalue weighted by Crippen LogP contribution is -2.63. The maximum Gasteiger partial charge on any atom is 0.155 e. The molecule has 4 heteroatoms. The number of piperazine rings is 1. The number of hydrogen-bond acceptors (Lipinski definition) is 1. The quantitative estimate of drug-likeness (QED) is 0.544. The summed E-state index contributed by atoms with van der Waals surface area (Å²) in [7, 11) is 0. The molecule has 28 heavy (non-hydrogen) atoms. The van der Waals surface area contributed by atoms with E-state index in [1.54, 1.807) is 0 Å². The van der Waals surface area contributed by atoms with Gasteiger partial charge in [-0.25, -0.2) is 0 Å². The Bertz CT molecular complexity index is 908. The largest absolute Gasteiger partial charge is 0.292 e. The number of fused-ring (bicyclic) bond motifs is 2. The minimum absolute atomic E-state index is 0.594. The molecule has 150 valence electrons. The lowest BCUT2D eigenvalue weighted by Gasteiger charge is -2.48. The van der Waals surface area contributed by atoms with Crippen molar-refractivity contribution in [2.24, 2.45) is 0 Å². The van der Waals surface area contributed by atoms with Gasteiger partial charge in [-0.2, -0.15) is 0 Å². The molecule has 3 atom stereocenters. The van der Waals surface area contributed by atoms with Crippen molar-refractivity contribution in [2.45, 2.75) is 53.1 Å². The Morgan fingerprint density at radius 1 is 1.07 bits per heavy atom. The Balaban J connectivity index is 1.92. The fraction of sp³-hybridized carbons (Fsp3) is 0.500. The number of aryl methyl sites for hydroxylation is 3. The van der Waals surface area contributed by atoms with Gasteiger partial charge in [0.2, 0.25) is 0 Å². The summed E-state index contributed by atoms with van der Waals surface area (Å²) in [5.41, 5.74) is 7.77. The highest BCUT2D eigenvalue weighted by atomic mass is 35.5. The first-order valence-corrected chi connectivity index (χ1v) is 11.2. The molecule has 2 aliphatic heterocycles.